The fraction of sp³-hybridized carbons (Fsp3) is 0.231. The van der Waals surface area contributed by atoms with Gasteiger partial charge in [0, 0.05) is 5.56 Å². The lowest BCUT2D eigenvalue weighted by Crippen LogP contribution is -2.08. The maximum Gasteiger partial charge on any atom is 0.345 e. The molecule has 0 aliphatic rings. The van der Waals surface area contributed by atoms with Gasteiger partial charge in [0.15, 0.2) is 0 Å². The Bertz CT molecular complexity index is 585. The minimum Gasteiger partial charge on any atom is -0.481 e. The van der Waals surface area contributed by atoms with Crippen LogP contribution in [0.2, 0.25) is 0 Å². The van der Waals surface area contributed by atoms with Crippen molar-refractivity contribution in [2.24, 2.45) is 0 Å². The molecule has 0 atom stereocenters. The van der Waals surface area contributed by atoms with Crippen molar-refractivity contribution in [2.75, 3.05) is 7.11 Å². The summed E-state index contributed by atoms with van der Waals surface area (Å²) in [6, 6.07) is 7.58. The Labute approximate surface area is 98.9 Å². The van der Waals surface area contributed by atoms with E-state index in [1.165, 1.54) is 7.11 Å². The van der Waals surface area contributed by atoms with Crippen molar-refractivity contribution in [1.29, 1.82) is 0 Å². The number of rotatable bonds is 2. The van der Waals surface area contributed by atoms with Crippen LogP contribution in [0.3, 0.4) is 0 Å². The van der Waals surface area contributed by atoms with Gasteiger partial charge in [-0.25, -0.2) is 4.79 Å². The molecule has 0 spiro atoms. The molecule has 0 radical (unpaired) electrons. The van der Waals surface area contributed by atoms with E-state index in [1.807, 2.05) is 31.2 Å². The number of ether oxygens (including phenoxy) is 1. The SMILES string of the molecule is COc1nc(-c2ccc(C)cc2)oc(=O)c1C. The lowest BCUT2D eigenvalue weighted by Gasteiger charge is -2.04. The first-order chi connectivity index (χ1) is 8.11. The van der Waals surface area contributed by atoms with Crippen molar-refractivity contribution < 1.29 is 9.15 Å². The molecule has 0 N–H and O–H groups in total. The summed E-state index contributed by atoms with van der Waals surface area (Å²) in [7, 11) is 1.48. The molecule has 1 heterocycles. The van der Waals surface area contributed by atoms with Crippen LogP contribution in [0.15, 0.2) is 33.5 Å². The van der Waals surface area contributed by atoms with Crippen LogP contribution in [-0.4, -0.2) is 12.1 Å². The second-order valence-corrected chi connectivity index (χ2v) is 3.81. The Morgan fingerprint density at radius 3 is 2.41 bits per heavy atom. The Kier molecular flexibility index (Phi) is 2.95. The van der Waals surface area contributed by atoms with Crippen LogP contribution in [0.4, 0.5) is 0 Å². The van der Waals surface area contributed by atoms with Gasteiger partial charge in [0.05, 0.1) is 12.7 Å². The van der Waals surface area contributed by atoms with Crippen LogP contribution >= 0.6 is 0 Å². The molecule has 0 fully saturated rings. The average molecular weight is 231 g/mol. The van der Waals surface area contributed by atoms with E-state index in [2.05, 4.69) is 4.98 Å². The van der Waals surface area contributed by atoms with Gasteiger partial charge in [0.25, 0.3) is 0 Å². The minimum atomic E-state index is -0.424. The highest BCUT2D eigenvalue weighted by atomic mass is 16.5. The first kappa shape index (κ1) is 11.4. The van der Waals surface area contributed by atoms with E-state index in [0.29, 0.717) is 11.4 Å². The van der Waals surface area contributed by atoms with Gasteiger partial charge in [-0.15, -0.1) is 0 Å². The van der Waals surface area contributed by atoms with Gasteiger partial charge in [-0.1, -0.05) is 17.7 Å². The third-order valence-electron chi connectivity index (χ3n) is 2.51. The molecule has 0 saturated carbocycles. The summed E-state index contributed by atoms with van der Waals surface area (Å²) in [5.41, 5.74) is 1.84. The first-order valence-electron chi connectivity index (χ1n) is 5.24. The molecule has 2 aromatic rings. The number of benzene rings is 1. The number of hydrogen-bond donors (Lipinski definition) is 0. The van der Waals surface area contributed by atoms with Crippen molar-refractivity contribution in [1.82, 2.24) is 4.98 Å². The molecular weight excluding hydrogens is 218 g/mol. The van der Waals surface area contributed by atoms with Crippen LogP contribution < -0.4 is 10.4 Å². The lowest BCUT2D eigenvalue weighted by molar-refractivity contribution is 0.375. The van der Waals surface area contributed by atoms with E-state index in [0.717, 1.165) is 11.1 Å². The largest absolute Gasteiger partial charge is 0.481 e. The van der Waals surface area contributed by atoms with E-state index in [-0.39, 0.29) is 5.89 Å². The lowest BCUT2D eigenvalue weighted by atomic mass is 10.1. The molecule has 17 heavy (non-hydrogen) atoms. The third kappa shape index (κ3) is 2.20. The maximum atomic E-state index is 11.6. The van der Waals surface area contributed by atoms with E-state index in [4.69, 9.17) is 9.15 Å². The molecule has 0 bridgehead atoms. The van der Waals surface area contributed by atoms with Crippen LogP contribution in [0, 0.1) is 13.8 Å². The Hall–Kier alpha value is -2.10. The Morgan fingerprint density at radius 2 is 1.82 bits per heavy atom. The monoisotopic (exact) mass is 231 g/mol. The summed E-state index contributed by atoms with van der Waals surface area (Å²) >= 11 is 0. The second kappa shape index (κ2) is 4.41. The van der Waals surface area contributed by atoms with Gasteiger partial charge >= 0.3 is 5.63 Å². The smallest absolute Gasteiger partial charge is 0.345 e. The highest BCUT2D eigenvalue weighted by Crippen LogP contribution is 2.20. The molecule has 0 aliphatic carbocycles. The fourth-order valence-electron chi connectivity index (χ4n) is 1.47. The van der Waals surface area contributed by atoms with Crippen LogP contribution in [0.25, 0.3) is 11.5 Å². The van der Waals surface area contributed by atoms with Crippen molar-refractivity contribution in [3.05, 3.63) is 45.8 Å². The highest BCUT2D eigenvalue weighted by Gasteiger charge is 2.11. The molecule has 0 unspecified atom stereocenters. The number of nitrogens with zero attached hydrogens (tertiary/aromatic N) is 1. The van der Waals surface area contributed by atoms with Gasteiger partial charge in [-0.3, -0.25) is 0 Å². The molecule has 1 aromatic carbocycles. The van der Waals surface area contributed by atoms with Crippen molar-refractivity contribution in [3.8, 4) is 17.3 Å². The van der Waals surface area contributed by atoms with E-state index >= 15 is 0 Å². The predicted molar refractivity (Wildman–Crippen MR) is 64.2 cm³/mol. The normalized spacial score (nSPS) is 10.3. The third-order valence-corrected chi connectivity index (χ3v) is 2.51. The molecule has 0 aliphatic heterocycles. The zero-order valence-electron chi connectivity index (χ0n) is 9.98. The highest BCUT2D eigenvalue weighted by molar-refractivity contribution is 5.54. The summed E-state index contributed by atoms with van der Waals surface area (Å²) < 4.78 is 10.2. The van der Waals surface area contributed by atoms with Gasteiger partial charge in [-0.05, 0) is 26.0 Å². The zero-order chi connectivity index (χ0) is 12.4. The molecule has 88 valence electrons. The van der Waals surface area contributed by atoms with Gasteiger partial charge < -0.3 is 9.15 Å². The predicted octanol–water partition coefficient (Wildman–Crippen LogP) is 2.33. The van der Waals surface area contributed by atoms with Crippen molar-refractivity contribution in [2.45, 2.75) is 13.8 Å². The fourth-order valence-corrected chi connectivity index (χ4v) is 1.47. The first-order valence-corrected chi connectivity index (χ1v) is 5.24. The summed E-state index contributed by atoms with van der Waals surface area (Å²) in [6.45, 7) is 3.61. The van der Waals surface area contributed by atoms with Crippen LogP contribution in [-0.2, 0) is 0 Å². The standard InChI is InChI=1S/C13H13NO3/c1-8-4-6-10(7-5-8)12-14-11(16-3)9(2)13(15)17-12/h4-7H,1-3H3. The number of aromatic nitrogens is 1. The second-order valence-electron chi connectivity index (χ2n) is 3.81. The minimum absolute atomic E-state index is 0.275. The average Bonchev–Trinajstić information content (AvgIpc) is 2.33. The Morgan fingerprint density at radius 1 is 1.18 bits per heavy atom. The van der Waals surface area contributed by atoms with E-state index < -0.39 is 5.63 Å². The topological polar surface area (TPSA) is 52.3 Å². The van der Waals surface area contributed by atoms with Crippen molar-refractivity contribution >= 4 is 0 Å². The van der Waals surface area contributed by atoms with E-state index in [9.17, 15) is 4.79 Å². The van der Waals surface area contributed by atoms with Gasteiger partial charge in [-0.2, -0.15) is 4.98 Å². The quantitative estimate of drug-likeness (QED) is 0.796. The van der Waals surface area contributed by atoms with Gasteiger partial charge in [0.2, 0.25) is 11.8 Å². The molecule has 4 heteroatoms. The molecule has 1 aromatic heterocycles. The zero-order valence-corrected chi connectivity index (χ0v) is 9.98. The summed E-state index contributed by atoms with van der Waals surface area (Å²) in [4.78, 5) is 15.7. The molecular formula is C13H13NO3. The summed E-state index contributed by atoms with van der Waals surface area (Å²) in [5.74, 6) is 0.578. The molecule has 0 saturated heterocycles. The molecule has 2 rings (SSSR count). The van der Waals surface area contributed by atoms with E-state index in [1.54, 1.807) is 6.92 Å². The maximum absolute atomic E-state index is 11.6. The van der Waals surface area contributed by atoms with Crippen molar-refractivity contribution in [3.63, 3.8) is 0 Å². The van der Waals surface area contributed by atoms with Crippen LogP contribution in [0.5, 0.6) is 5.88 Å². The number of hydrogen-bond acceptors (Lipinski definition) is 4. The Balaban J connectivity index is 2.56. The summed E-state index contributed by atoms with van der Waals surface area (Å²) in [5, 5.41) is 0. The molecule has 4 nitrogen and oxygen atoms in total. The molecule has 0 amide bonds. The van der Waals surface area contributed by atoms with Crippen LogP contribution in [0.1, 0.15) is 11.1 Å². The van der Waals surface area contributed by atoms with Gasteiger partial charge in [0.1, 0.15) is 0 Å². The number of aryl methyl sites for hydroxylation is 1. The summed E-state index contributed by atoms with van der Waals surface area (Å²) in [6.07, 6.45) is 0. The number of methoxy groups -OCH3 is 1.